The second-order valence-electron chi connectivity index (χ2n) is 3.31. The predicted octanol–water partition coefficient (Wildman–Crippen LogP) is 3.27. The molecular weight excluding hydrogens is 180 g/mol. The Bertz CT molecular complexity index is 405. The van der Waals surface area contributed by atoms with Crippen LogP contribution >= 0.6 is 0 Å². The molecular formula is C10H10N2O2. The van der Waals surface area contributed by atoms with Gasteiger partial charge in [-0.25, -0.2) is 4.85 Å². The van der Waals surface area contributed by atoms with Crippen LogP contribution in [0.1, 0.15) is 25.3 Å². The Morgan fingerprint density at radius 1 is 1.43 bits per heavy atom. The third kappa shape index (κ3) is 2.07. The van der Waals surface area contributed by atoms with Crippen molar-refractivity contribution in [1.82, 2.24) is 0 Å². The fraction of sp³-hybridized carbons (Fsp3) is 0.300. The zero-order valence-corrected chi connectivity index (χ0v) is 8.02. The molecule has 72 valence electrons. The number of nitro groups is 1. The Morgan fingerprint density at radius 3 is 2.50 bits per heavy atom. The van der Waals surface area contributed by atoms with Gasteiger partial charge in [0, 0.05) is 12.1 Å². The van der Waals surface area contributed by atoms with Crippen LogP contribution in [0, 0.1) is 16.7 Å². The average molecular weight is 190 g/mol. The molecule has 0 heterocycles. The van der Waals surface area contributed by atoms with E-state index in [1.165, 1.54) is 12.1 Å². The van der Waals surface area contributed by atoms with E-state index in [1.807, 2.05) is 13.8 Å². The van der Waals surface area contributed by atoms with Gasteiger partial charge >= 0.3 is 0 Å². The minimum atomic E-state index is -0.472. The second kappa shape index (κ2) is 3.88. The Kier molecular flexibility index (Phi) is 2.82. The first-order valence-electron chi connectivity index (χ1n) is 4.21. The van der Waals surface area contributed by atoms with Gasteiger partial charge in [0.2, 0.25) is 0 Å². The fourth-order valence-electron chi connectivity index (χ4n) is 1.12. The number of rotatable bonds is 2. The molecule has 0 spiro atoms. The Labute approximate surface area is 82.1 Å². The van der Waals surface area contributed by atoms with Crippen LogP contribution in [0.3, 0.4) is 0 Å². The zero-order chi connectivity index (χ0) is 10.7. The molecule has 0 aliphatic heterocycles. The molecule has 1 aromatic rings. The van der Waals surface area contributed by atoms with Crippen molar-refractivity contribution in [2.45, 2.75) is 19.8 Å². The molecule has 0 bridgehead atoms. The predicted molar refractivity (Wildman–Crippen MR) is 53.4 cm³/mol. The van der Waals surface area contributed by atoms with E-state index >= 15 is 0 Å². The van der Waals surface area contributed by atoms with Crippen LogP contribution in [0.4, 0.5) is 11.4 Å². The lowest BCUT2D eigenvalue weighted by molar-refractivity contribution is -0.384. The summed E-state index contributed by atoms with van der Waals surface area (Å²) < 4.78 is 0. The van der Waals surface area contributed by atoms with Crippen molar-refractivity contribution in [3.63, 3.8) is 0 Å². The van der Waals surface area contributed by atoms with E-state index in [2.05, 4.69) is 4.85 Å². The van der Waals surface area contributed by atoms with Crippen molar-refractivity contribution >= 4 is 11.4 Å². The summed E-state index contributed by atoms with van der Waals surface area (Å²) in [5.41, 5.74) is 1.13. The summed E-state index contributed by atoms with van der Waals surface area (Å²) in [6.07, 6.45) is 0. The molecule has 0 atom stereocenters. The van der Waals surface area contributed by atoms with Crippen molar-refractivity contribution in [1.29, 1.82) is 0 Å². The van der Waals surface area contributed by atoms with Gasteiger partial charge < -0.3 is 0 Å². The summed E-state index contributed by atoms with van der Waals surface area (Å²) >= 11 is 0. The van der Waals surface area contributed by atoms with Crippen molar-refractivity contribution in [2.75, 3.05) is 0 Å². The van der Waals surface area contributed by atoms with Crippen molar-refractivity contribution in [3.8, 4) is 0 Å². The maximum Gasteiger partial charge on any atom is 0.259 e. The van der Waals surface area contributed by atoms with Gasteiger partial charge in [-0.3, -0.25) is 10.1 Å². The topological polar surface area (TPSA) is 47.5 Å². The highest BCUT2D eigenvalue weighted by atomic mass is 16.6. The second-order valence-corrected chi connectivity index (χ2v) is 3.31. The van der Waals surface area contributed by atoms with Crippen LogP contribution < -0.4 is 0 Å². The molecule has 4 heteroatoms. The lowest BCUT2D eigenvalue weighted by atomic mass is 10.0. The van der Waals surface area contributed by atoms with Gasteiger partial charge in [-0.2, -0.15) is 0 Å². The molecule has 0 aliphatic carbocycles. The smallest absolute Gasteiger partial charge is 0.258 e. The highest BCUT2D eigenvalue weighted by Gasteiger charge is 2.10. The van der Waals surface area contributed by atoms with E-state index in [4.69, 9.17) is 6.57 Å². The molecule has 1 aromatic carbocycles. The lowest BCUT2D eigenvalue weighted by Gasteiger charge is -2.05. The van der Waals surface area contributed by atoms with Crippen LogP contribution in [0.5, 0.6) is 0 Å². The maximum atomic E-state index is 10.5. The van der Waals surface area contributed by atoms with Gasteiger partial charge in [0.05, 0.1) is 11.5 Å². The van der Waals surface area contributed by atoms with E-state index in [0.29, 0.717) is 5.69 Å². The van der Waals surface area contributed by atoms with Crippen LogP contribution in [0.15, 0.2) is 18.2 Å². The monoisotopic (exact) mass is 190 g/mol. The molecule has 0 fully saturated rings. The van der Waals surface area contributed by atoms with Crippen molar-refractivity contribution in [3.05, 3.63) is 45.3 Å². The first-order valence-corrected chi connectivity index (χ1v) is 4.21. The van der Waals surface area contributed by atoms with E-state index in [-0.39, 0.29) is 11.6 Å². The molecule has 0 saturated carbocycles. The van der Waals surface area contributed by atoms with Gasteiger partial charge in [-0.05, 0) is 11.5 Å². The summed E-state index contributed by atoms with van der Waals surface area (Å²) in [6.45, 7) is 10.7. The Hall–Kier alpha value is -1.89. The van der Waals surface area contributed by atoms with Gasteiger partial charge in [0.25, 0.3) is 5.69 Å². The minimum absolute atomic E-state index is 0.0119. The quantitative estimate of drug-likeness (QED) is 0.408. The number of hydrogen-bond donors (Lipinski definition) is 0. The summed E-state index contributed by atoms with van der Waals surface area (Å²) in [6, 6.07) is 4.49. The Morgan fingerprint density at radius 2 is 2.07 bits per heavy atom. The molecule has 0 N–H and O–H groups in total. The Balaban J connectivity index is 3.29. The molecule has 0 unspecified atom stereocenters. The summed E-state index contributed by atoms with van der Waals surface area (Å²) in [4.78, 5) is 13.3. The molecule has 14 heavy (non-hydrogen) atoms. The van der Waals surface area contributed by atoms with Crippen LogP contribution in [-0.4, -0.2) is 4.92 Å². The lowest BCUT2D eigenvalue weighted by Crippen LogP contribution is -1.92. The zero-order valence-electron chi connectivity index (χ0n) is 8.02. The largest absolute Gasteiger partial charge is 0.259 e. The molecule has 0 saturated heterocycles. The molecule has 1 rings (SSSR count). The third-order valence-corrected chi connectivity index (χ3v) is 1.93. The average Bonchev–Trinajstić information content (AvgIpc) is 2.16. The summed E-state index contributed by atoms with van der Waals surface area (Å²) in [5, 5.41) is 10.5. The first kappa shape index (κ1) is 10.2. The summed E-state index contributed by atoms with van der Waals surface area (Å²) in [5.74, 6) is 0.190. The maximum absolute atomic E-state index is 10.5. The van der Waals surface area contributed by atoms with Gasteiger partial charge in [0.15, 0.2) is 5.69 Å². The molecule has 0 aromatic heterocycles. The van der Waals surface area contributed by atoms with Gasteiger partial charge in [0.1, 0.15) is 0 Å². The number of non-ortho nitro benzene ring substituents is 1. The molecule has 0 amide bonds. The van der Waals surface area contributed by atoms with Crippen molar-refractivity contribution < 1.29 is 4.92 Å². The fourth-order valence-corrected chi connectivity index (χ4v) is 1.12. The van der Waals surface area contributed by atoms with Gasteiger partial charge in [-0.15, -0.1) is 0 Å². The minimum Gasteiger partial charge on any atom is -0.258 e. The van der Waals surface area contributed by atoms with E-state index < -0.39 is 4.92 Å². The number of benzene rings is 1. The number of hydrogen-bond acceptors (Lipinski definition) is 2. The van der Waals surface area contributed by atoms with E-state index in [1.54, 1.807) is 6.07 Å². The SMILES string of the molecule is [C-]#[N+]c1cc(C(C)C)cc([N+](=O)[O-])c1. The number of nitro benzene ring substituents is 1. The van der Waals surface area contributed by atoms with Crippen LogP contribution in [-0.2, 0) is 0 Å². The molecule has 4 nitrogen and oxygen atoms in total. The molecule has 0 aliphatic rings. The standard InChI is InChI=1S/C10H10N2O2/c1-7(2)8-4-9(11-3)6-10(5-8)12(13)14/h4-7H,1-2H3. The summed E-state index contributed by atoms with van der Waals surface area (Å²) in [7, 11) is 0. The highest BCUT2D eigenvalue weighted by Crippen LogP contribution is 2.27. The van der Waals surface area contributed by atoms with E-state index in [0.717, 1.165) is 5.56 Å². The molecule has 0 radical (unpaired) electrons. The van der Waals surface area contributed by atoms with Crippen LogP contribution in [0.25, 0.3) is 4.85 Å². The first-order chi connectivity index (χ1) is 6.54. The van der Waals surface area contributed by atoms with E-state index in [9.17, 15) is 10.1 Å². The number of nitrogens with zero attached hydrogens (tertiary/aromatic N) is 2. The van der Waals surface area contributed by atoms with Crippen molar-refractivity contribution in [2.24, 2.45) is 0 Å². The van der Waals surface area contributed by atoms with Crippen LogP contribution in [0.2, 0.25) is 0 Å². The third-order valence-electron chi connectivity index (χ3n) is 1.93. The normalized spacial score (nSPS) is 9.86. The van der Waals surface area contributed by atoms with Gasteiger partial charge in [-0.1, -0.05) is 19.9 Å². The highest BCUT2D eigenvalue weighted by molar-refractivity contribution is 5.55.